The summed E-state index contributed by atoms with van der Waals surface area (Å²) in [4.78, 5) is 6.65. The van der Waals surface area contributed by atoms with Crippen molar-refractivity contribution in [1.29, 1.82) is 0 Å². The molecule has 2 N–H and O–H groups in total. The molecule has 3 rings (SSSR count). The number of hydrogen-bond donors (Lipinski definition) is 1. The van der Waals surface area contributed by atoms with Gasteiger partial charge in [-0.3, -0.25) is 4.90 Å². The quantitative estimate of drug-likeness (QED) is 0.916. The van der Waals surface area contributed by atoms with Crippen LogP contribution in [-0.4, -0.2) is 30.0 Å². The largest absolute Gasteiger partial charge is 0.445 e. The van der Waals surface area contributed by atoms with Crippen molar-refractivity contribution < 1.29 is 4.42 Å². The van der Waals surface area contributed by atoms with Gasteiger partial charge in [0.2, 0.25) is 5.89 Å². The van der Waals surface area contributed by atoms with Crippen molar-refractivity contribution in [2.75, 3.05) is 20.1 Å². The Morgan fingerprint density at radius 3 is 2.95 bits per heavy atom. The van der Waals surface area contributed by atoms with Crippen LogP contribution in [-0.2, 0) is 0 Å². The molecule has 0 saturated carbocycles. The molecule has 1 aromatic carbocycles. The van der Waals surface area contributed by atoms with Crippen molar-refractivity contribution in [1.82, 2.24) is 9.88 Å². The minimum absolute atomic E-state index is 0.400. The number of hydrogen-bond acceptors (Lipinski definition) is 4. The van der Waals surface area contributed by atoms with Crippen LogP contribution < -0.4 is 5.73 Å². The first-order chi connectivity index (χ1) is 9.29. The molecule has 19 heavy (non-hydrogen) atoms. The summed E-state index contributed by atoms with van der Waals surface area (Å²) in [6.45, 7) is 1.81. The van der Waals surface area contributed by atoms with Crippen molar-refractivity contribution in [3.63, 3.8) is 0 Å². The van der Waals surface area contributed by atoms with Gasteiger partial charge in [-0.05, 0) is 37.6 Å². The molecule has 1 saturated heterocycles. The highest BCUT2D eigenvalue weighted by Gasteiger charge is 2.31. The van der Waals surface area contributed by atoms with Gasteiger partial charge in [-0.1, -0.05) is 18.2 Å². The van der Waals surface area contributed by atoms with Crippen molar-refractivity contribution in [3.8, 4) is 11.5 Å². The molecule has 0 bridgehead atoms. The third-order valence-corrected chi connectivity index (χ3v) is 3.95. The van der Waals surface area contributed by atoms with Crippen molar-refractivity contribution >= 4 is 0 Å². The molecule has 0 aliphatic carbocycles. The standard InChI is InChI=1S/C15H19N3O/c1-18-10-11(9-16)8-14(18)12-4-2-3-5-13(12)15-17-6-7-19-15/h2-7,11,14H,8-10,16H2,1H3. The Bertz CT molecular complexity index is 538. The number of oxazole rings is 1. The summed E-state index contributed by atoms with van der Waals surface area (Å²) in [5.41, 5.74) is 8.18. The highest BCUT2D eigenvalue weighted by molar-refractivity contribution is 5.59. The predicted octanol–water partition coefficient (Wildman–Crippen LogP) is 2.29. The number of aromatic nitrogens is 1. The van der Waals surface area contributed by atoms with E-state index < -0.39 is 0 Å². The summed E-state index contributed by atoms with van der Waals surface area (Å²) < 4.78 is 5.45. The zero-order chi connectivity index (χ0) is 13.2. The third kappa shape index (κ3) is 2.29. The molecular weight excluding hydrogens is 238 g/mol. The minimum atomic E-state index is 0.400. The molecule has 2 unspecified atom stereocenters. The molecule has 0 spiro atoms. The molecule has 1 aliphatic heterocycles. The molecule has 4 nitrogen and oxygen atoms in total. The maximum absolute atomic E-state index is 5.81. The topological polar surface area (TPSA) is 55.3 Å². The first-order valence-electron chi connectivity index (χ1n) is 6.68. The Morgan fingerprint density at radius 1 is 1.42 bits per heavy atom. The average molecular weight is 257 g/mol. The number of nitrogens with two attached hydrogens (primary N) is 1. The summed E-state index contributed by atoms with van der Waals surface area (Å²) in [7, 11) is 2.16. The van der Waals surface area contributed by atoms with E-state index in [0.29, 0.717) is 17.9 Å². The Labute approximate surface area is 113 Å². The SMILES string of the molecule is CN1CC(CN)CC1c1ccccc1-c1ncco1. The Kier molecular flexibility index (Phi) is 3.36. The van der Waals surface area contributed by atoms with E-state index in [1.807, 2.05) is 6.07 Å². The number of rotatable bonds is 3. The maximum atomic E-state index is 5.81. The Hall–Kier alpha value is -1.65. The van der Waals surface area contributed by atoms with Crippen LogP contribution in [0.1, 0.15) is 18.0 Å². The lowest BCUT2D eigenvalue weighted by Crippen LogP contribution is -2.20. The molecule has 100 valence electrons. The van der Waals surface area contributed by atoms with Crippen LogP contribution in [0.25, 0.3) is 11.5 Å². The van der Waals surface area contributed by atoms with Gasteiger partial charge in [0, 0.05) is 18.2 Å². The van der Waals surface area contributed by atoms with Gasteiger partial charge in [0.15, 0.2) is 0 Å². The van der Waals surface area contributed by atoms with Gasteiger partial charge in [-0.2, -0.15) is 0 Å². The van der Waals surface area contributed by atoms with Crippen molar-refractivity contribution in [3.05, 3.63) is 42.3 Å². The molecule has 1 aliphatic rings. The van der Waals surface area contributed by atoms with Crippen LogP contribution in [0.3, 0.4) is 0 Å². The molecule has 2 atom stereocenters. The van der Waals surface area contributed by atoms with Crippen LogP contribution in [0.2, 0.25) is 0 Å². The van der Waals surface area contributed by atoms with Gasteiger partial charge in [0.1, 0.15) is 6.26 Å². The lowest BCUT2D eigenvalue weighted by atomic mass is 9.95. The van der Waals surface area contributed by atoms with Crippen molar-refractivity contribution in [2.45, 2.75) is 12.5 Å². The fourth-order valence-electron chi connectivity index (χ4n) is 2.98. The lowest BCUT2D eigenvalue weighted by molar-refractivity contribution is 0.314. The molecule has 2 heterocycles. The number of benzene rings is 1. The second-order valence-electron chi connectivity index (χ2n) is 5.22. The second kappa shape index (κ2) is 5.15. The van der Waals surface area contributed by atoms with Crippen LogP contribution in [0, 0.1) is 5.92 Å². The zero-order valence-corrected chi connectivity index (χ0v) is 11.1. The van der Waals surface area contributed by atoms with E-state index in [4.69, 9.17) is 10.2 Å². The average Bonchev–Trinajstić information content (AvgIpc) is 3.08. The monoisotopic (exact) mass is 257 g/mol. The highest BCUT2D eigenvalue weighted by atomic mass is 16.3. The van der Waals surface area contributed by atoms with Gasteiger partial charge >= 0.3 is 0 Å². The van der Waals surface area contributed by atoms with Gasteiger partial charge < -0.3 is 10.2 Å². The van der Waals surface area contributed by atoms with Crippen LogP contribution in [0.5, 0.6) is 0 Å². The van der Waals surface area contributed by atoms with E-state index in [9.17, 15) is 0 Å². The number of nitrogens with zero attached hydrogens (tertiary/aromatic N) is 2. The highest BCUT2D eigenvalue weighted by Crippen LogP contribution is 2.38. The van der Waals surface area contributed by atoms with Crippen LogP contribution in [0.15, 0.2) is 41.1 Å². The molecule has 2 aromatic rings. The molecule has 1 fully saturated rings. The summed E-state index contributed by atoms with van der Waals surface area (Å²) >= 11 is 0. The third-order valence-electron chi connectivity index (χ3n) is 3.95. The summed E-state index contributed by atoms with van der Waals surface area (Å²) in [6.07, 6.45) is 4.41. The van der Waals surface area contributed by atoms with E-state index in [1.165, 1.54) is 5.56 Å². The maximum Gasteiger partial charge on any atom is 0.226 e. The van der Waals surface area contributed by atoms with E-state index in [-0.39, 0.29) is 0 Å². The van der Waals surface area contributed by atoms with E-state index in [1.54, 1.807) is 12.5 Å². The smallest absolute Gasteiger partial charge is 0.226 e. The first-order valence-corrected chi connectivity index (χ1v) is 6.68. The van der Waals surface area contributed by atoms with Crippen molar-refractivity contribution in [2.24, 2.45) is 11.7 Å². The molecule has 4 heteroatoms. The van der Waals surface area contributed by atoms with Crippen LogP contribution >= 0.6 is 0 Å². The number of likely N-dealkylation sites (tertiary alicyclic amines) is 1. The second-order valence-corrected chi connectivity index (χ2v) is 5.22. The van der Waals surface area contributed by atoms with Gasteiger partial charge in [0.05, 0.1) is 6.20 Å². The van der Waals surface area contributed by atoms with Crippen LogP contribution in [0.4, 0.5) is 0 Å². The summed E-state index contributed by atoms with van der Waals surface area (Å²) in [5.74, 6) is 1.27. The Balaban J connectivity index is 1.97. The normalized spacial score (nSPS) is 23.9. The Morgan fingerprint density at radius 2 is 2.26 bits per heavy atom. The predicted molar refractivity (Wildman–Crippen MR) is 74.5 cm³/mol. The molecule has 0 radical (unpaired) electrons. The minimum Gasteiger partial charge on any atom is -0.445 e. The fourth-order valence-corrected chi connectivity index (χ4v) is 2.98. The van der Waals surface area contributed by atoms with E-state index in [0.717, 1.165) is 25.1 Å². The van der Waals surface area contributed by atoms with Gasteiger partial charge in [0.25, 0.3) is 0 Å². The van der Waals surface area contributed by atoms with E-state index >= 15 is 0 Å². The first kappa shape index (κ1) is 12.4. The fraction of sp³-hybridized carbons (Fsp3) is 0.400. The lowest BCUT2D eigenvalue weighted by Gasteiger charge is -2.21. The summed E-state index contributed by atoms with van der Waals surface area (Å²) in [6, 6.07) is 8.74. The zero-order valence-electron chi connectivity index (χ0n) is 11.1. The van der Waals surface area contributed by atoms with Gasteiger partial charge in [-0.15, -0.1) is 0 Å². The molecular formula is C15H19N3O. The molecule has 0 amide bonds. The summed E-state index contributed by atoms with van der Waals surface area (Å²) in [5, 5.41) is 0. The molecule has 1 aromatic heterocycles. The van der Waals surface area contributed by atoms with Gasteiger partial charge in [-0.25, -0.2) is 4.98 Å². The van der Waals surface area contributed by atoms with E-state index in [2.05, 4.69) is 35.1 Å².